The third kappa shape index (κ3) is 4.03. The first kappa shape index (κ1) is 19.1. The molecule has 0 bridgehead atoms. The van der Waals surface area contributed by atoms with Crippen molar-refractivity contribution in [2.75, 3.05) is 7.11 Å². The zero-order valence-electron chi connectivity index (χ0n) is 15.7. The molecule has 1 heterocycles. The molecule has 0 atom stereocenters. The third-order valence-electron chi connectivity index (χ3n) is 4.29. The quantitative estimate of drug-likeness (QED) is 0.661. The van der Waals surface area contributed by atoms with Crippen LogP contribution in [0, 0.1) is 0 Å². The molecule has 0 unspecified atom stereocenters. The Balaban J connectivity index is 0.00000102. The molecule has 0 N–H and O–H groups in total. The molecule has 3 aromatic rings. The van der Waals surface area contributed by atoms with Crippen LogP contribution in [0.4, 0.5) is 0 Å². The second-order valence-corrected chi connectivity index (χ2v) is 7.81. The molecule has 0 aliphatic heterocycles. The minimum absolute atomic E-state index is 0.211. The van der Waals surface area contributed by atoms with Crippen LogP contribution < -0.4 is 4.74 Å². The zero-order chi connectivity index (χ0) is 19.4. The van der Waals surface area contributed by atoms with E-state index in [2.05, 4.69) is 10.1 Å². The van der Waals surface area contributed by atoms with Crippen LogP contribution in [0.5, 0.6) is 5.75 Å². The molecule has 1 aliphatic carbocycles. The number of hydrogen-bond acceptors (Lipinski definition) is 5. The van der Waals surface area contributed by atoms with Gasteiger partial charge in [-0.2, -0.15) is 8.42 Å². The van der Waals surface area contributed by atoms with E-state index in [1.165, 1.54) is 24.7 Å². The van der Waals surface area contributed by atoms with Gasteiger partial charge in [0.25, 0.3) is 10.0 Å². The van der Waals surface area contributed by atoms with E-state index in [4.69, 9.17) is 4.74 Å². The Morgan fingerprint density at radius 2 is 1.63 bits per heavy atom. The number of rotatable bonds is 5. The maximum atomic E-state index is 12.7. The van der Waals surface area contributed by atoms with Gasteiger partial charge in [-0.05, 0) is 60.7 Å². The molecule has 1 saturated carbocycles. The van der Waals surface area contributed by atoms with E-state index in [1.807, 2.05) is 26.0 Å². The minimum atomic E-state index is -3.74. The topological polar surface area (TPSA) is 74.1 Å². The highest BCUT2D eigenvalue weighted by molar-refractivity contribution is 7.89. The summed E-state index contributed by atoms with van der Waals surface area (Å²) in [5.41, 5.74) is 1.91. The average molecular weight is 385 g/mol. The number of aromatic nitrogens is 3. The molecule has 2 aromatic carbocycles. The van der Waals surface area contributed by atoms with E-state index in [-0.39, 0.29) is 4.90 Å². The maximum Gasteiger partial charge on any atom is 0.284 e. The van der Waals surface area contributed by atoms with Crippen molar-refractivity contribution >= 4 is 10.0 Å². The predicted molar refractivity (Wildman–Crippen MR) is 104 cm³/mol. The summed E-state index contributed by atoms with van der Waals surface area (Å²) in [6.45, 7) is 4.00. The smallest absolute Gasteiger partial charge is 0.284 e. The van der Waals surface area contributed by atoms with E-state index in [0.29, 0.717) is 17.5 Å². The fourth-order valence-corrected chi connectivity index (χ4v) is 3.73. The normalized spacial score (nSPS) is 13.6. The van der Waals surface area contributed by atoms with E-state index >= 15 is 0 Å². The van der Waals surface area contributed by atoms with Gasteiger partial charge in [0.05, 0.1) is 12.0 Å². The van der Waals surface area contributed by atoms with Gasteiger partial charge in [-0.15, -0.1) is 9.19 Å². The molecule has 0 amide bonds. The Bertz CT molecular complexity index is 990. The van der Waals surface area contributed by atoms with Crippen LogP contribution in [0.1, 0.15) is 38.2 Å². The molecule has 1 fully saturated rings. The van der Waals surface area contributed by atoms with Crippen molar-refractivity contribution in [2.45, 2.75) is 37.5 Å². The number of hydrogen-bond donors (Lipinski definition) is 0. The zero-order valence-corrected chi connectivity index (χ0v) is 16.5. The van der Waals surface area contributed by atoms with Crippen molar-refractivity contribution < 1.29 is 13.2 Å². The van der Waals surface area contributed by atoms with Crippen molar-refractivity contribution in [3.63, 3.8) is 0 Å². The second kappa shape index (κ2) is 7.92. The molecule has 27 heavy (non-hydrogen) atoms. The van der Waals surface area contributed by atoms with Crippen LogP contribution in [0.2, 0.25) is 0 Å². The second-order valence-electron chi connectivity index (χ2n) is 6.02. The van der Waals surface area contributed by atoms with Crippen molar-refractivity contribution in [3.05, 3.63) is 60.4 Å². The lowest BCUT2D eigenvalue weighted by molar-refractivity contribution is 0.415. The fraction of sp³-hybridized carbons (Fsp3) is 0.300. The van der Waals surface area contributed by atoms with Crippen LogP contribution >= 0.6 is 0 Å². The van der Waals surface area contributed by atoms with Gasteiger partial charge in [0.2, 0.25) is 0 Å². The van der Waals surface area contributed by atoms with Crippen LogP contribution in [-0.4, -0.2) is 29.7 Å². The van der Waals surface area contributed by atoms with Gasteiger partial charge in [0.15, 0.2) is 5.82 Å². The van der Waals surface area contributed by atoms with Gasteiger partial charge in [-0.25, -0.2) is 4.98 Å². The molecule has 6 nitrogen and oxygen atoms in total. The SMILES string of the molecule is CC.COc1ccc(-c2ncn(S(=O)(=O)c3ccc(C4CC4)cc3)n2)cc1. The van der Waals surface area contributed by atoms with E-state index in [1.54, 1.807) is 43.5 Å². The average Bonchev–Trinajstić information content (AvgIpc) is 3.45. The van der Waals surface area contributed by atoms with Gasteiger partial charge >= 0.3 is 0 Å². The van der Waals surface area contributed by atoms with Crippen molar-refractivity contribution in [1.29, 1.82) is 0 Å². The number of benzene rings is 2. The highest BCUT2D eigenvalue weighted by Crippen LogP contribution is 2.40. The highest BCUT2D eigenvalue weighted by Gasteiger charge is 2.25. The maximum absolute atomic E-state index is 12.7. The highest BCUT2D eigenvalue weighted by atomic mass is 32.2. The molecular weight excluding hydrogens is 362 g/mol. The molecule has 0 spiro atoms. The number of methoxy groups -OCH3 is 1. The minimum Gasteiger partial charge on any atom is -0.497 e. The Hall–Kier alpha value is -2.67. The molecule has 7 heteroatoms. The first-order valence-electron chi connectivity index (χ1n) is 8.99. The fourth-order valence-electron chi connectivity index (χ4n) is 2.67. The Morgan fingerprint density at radius 3 is 2.19 bits per heavy atom. The van der Waals surface area contributed by atoms with Crippen LogP contribution in [-0.2, 0) is 10.0 Å². The van der Waals surface area contributed by atoms with E-state index < -0.39 is 10.0 Å². The number of nitrogens with zero attached hydrogens (tertiary/aromatic N) is 3. The lowest BCUT2D eigenvalue weighted by atomic mass is 10.1. The summed E-state index contributed by atoms with van der Waals surface area (Å²) < 4.78 is 31.5. The summed E-state index contributed by atoms with van der Waals surface area (Å²) in [6.07, 6.45) is 3.59. The molecule has 0 radical (unpaired) electrons. The summed E-state index contributed by atoms with van der Waals surface area (Å²) in [5, 5.41) is 4.13. The molecule has 1 aromatic heterocycles. The van der Waals surface area contributed by atoms with Gasteiger partial charge in [-0.3, -0.25) is 0 Å². The number of ether oxygens (including phenoxy) is 1. The summed E-state index contributed by atoms with van der Waals surface area (Å²) in [7, 11) is -2.16. The monoisotopic (exact) mass is 385 g/mol. The molecule has 0 saturated heterocycles. The molecule has 1 aliphatic rings. The van der Waals surface area contributed by atoms with Crippen LogP contribution in [0.15, 0.2) is 59.8 Å². The Kier molecular flexibility index (Phi) is 5.60. The standard InChI is InChI=1S/C18H17N3O3S.C2H6/c1-24-16-8-4-15(5-9-16)18-19-12-21(20-18)25(22,23)17-10-6-14(7-11-17)13-2-3-13;1-2/h4-13H,2-3H2,1H3;1-2H3. The largest absolute Gasteiger partial charge is 0.497 e. The Labute approximate surface area is 159 Å². The van der Waals surface area contributed by atoms with Crippen molar-refractivity contribution in [2.24, 2.45) is 0 Å². The Morgan fingerprint density at radius 1 is 1.00 bits per heavy atom. The van der Waals surface area contributed by atoms with Gasteiger partial charge in [0, 0.05) is 5.56 Å². The van der Waals surface area contributed by atoms with Crippen molar-refractivity contribution in [3.8, 4) is 17.1 Å². The lowest BCUT2D eigenvalue weighted by Crippen LogP contribution is -2.13. The predicted octanol–water partition coefficient (Wildman–Crippen LogP) is 4.09. The van der Waals surface area contributed by atoms with Crippen LogP contribution in [0.25, 0.3) is 11.4 Å². The van der Waals surface area contributed by atoms with Gasteiger partial charge in [0.1, 0.15) is 12.1 Å². The summed E-state index contributed by atoms with van der Waals surface area (Å²) >= 11 is 0. The summed E-state index contributed by atoms with van der Waals surface area (Å²) in [4.78, 5) is 4.33. The third-order valence-corrected chi connectivity index (χ3v) is 5.83. The molecular formula is C20H23N3O3S. The molecule has 142 valence electrons. The molecule has 4 rings (SSSR count). The summed E-state index contributed by atoms with van der Waals surface area (Å²) in [6, 6.07) is 14.2. The summed E-state index contributed by atoms with van der Waals surface area (Å²) in [5.74, 6) is 1.65. The van der Waals surface area contributed by atoms with Gasteiger partial charge < -0.3 is 4.74 Å². The first-order chi connectivity index (χ1) is 13.1. The van der Waals surface area contributed by atoms with Gasteiger partial charge in [-0.1, -0.05) is 26.0 Å². The van der Waals surface area contributed by atoms with Crippen LogP contribution in [0.3, 0.4) is 0 Å². The lowest BCUT2D eigenvalue weighted by Gasteiger charge is -2.05. The first-order valence-corrected chi connectivity index (χ1v) is 10.4. The van der Waals surface area contributed by atoms with Crippen molar-refractivity contribution in [1.82, 2.24) is 14.2 Å². The van der Waals surface area contributed by atoms with E-state index in [9.17, 15) is 8.42 Å². The van der Waals surface area contributed by atoms with E-state index in [0.717, 1.165) is 9.65 Å².